The molecule has 0 saturated heterocycles. The van der Waals surface area contributed by atoms with Gasteiger partial charge in [0.1, 0.15) is 5.01 Å². The minimum absolute atomic E-state index is 0.266. The molecule has 1 amide bonds. The Labute approximate surface area is 124 Å². The van der Waals surface area contributed by atoms with Gasteiger partial charge in [0.05, 0.1) is 29.5 Å². The lowest BCUT2D eigenvalue weighted by molar-refractivity contribution is 0.0946. The van der Waals surface area contributed by atoms with Gasteiger partial charge in [-0.3, -0.25) is 9.48 Å². The predicted molar refractivity (Wildman–Crippen MR) is 79.9 cm³/mol. The van der Waals surface area contributed by atoms with Gasteiger partial charge in [0.2, 0.25) is 0 Å². The molecule has 0 unspecified atom stereocenters. The lowest BCUT2D eigenvalue weighted by atomic mass is 10.3. The molecule has 7 nitrogen and oxygen atoms in total. The van der Waals surface area contributed by atoms with Gasteiger partial charge in [0.15, 0.2) is 5.69 Å². The number of benzene rings is 1. The molecule has 3 aromatic rings. The van der Waals surface area contributed by atoms with Crippen LogP contribution < -0.4 is 11.1 Å². The number of nitrogens with two attached hydrogens (primary N) is 1. The van der Waals surface area contributed by atoms with Gasteiger partial charge in [-0.05, 0) is 12.1 Å². The second-order valence-corrected chi connectivity index (χ2v) is 5.53. The first-order valence-electron chi connectivity index (χ1n) is 6.49. The molecule has 0 radical (unpaired) electrons. The van der Waals surface area contributed by atoms with E-state index in [0.717, 1.165) is 15.2 Å². The van der Waals surface area contributed by atoms with E-state index in [1.807, 2.05) is 24.3 Å². The summed E-state index contributed by atoms with van der Waals surface area (Å²) in [5.41, 5.74) is 6.65. The molecule has 0 saturated carbocycles. The topological polar surface area (TPSA) is 98.7 Å². The van der Waals surface area contributed by atoms with Crippen molar-refractivity contribution in [2.75, 3.05) is 6.54 Å². The predicted octanol–water partition coefficient (Wildman–Crippen LogP) is 0.776. The molecule has 3 rings (SSSR count). The minimum atomic E-state index is -0.266. The van der Waals surface area contributed by atoms with Crippen molar-refractivity contribution in [1.82, 2.24) is 25.3 Å². The molecule has 0 atom stereocenters. The van der Waals surface area contributed by atoms with Gasteiger partial charge in [-0.1, -0.05) is 17.3 Å². The maximum atomic E-state index is 12.0. The van der Waals surface area contributed by atoms with Gasteiger partial charge in [0, 0.05) is 6.54 Å². The largest absolute Gasteiger partial charge is 0.344 e. The second-order valence-electron chi connectivity index (χ2n) is 4.41. The monoisotopic (exact) mass is 302 g/mol. The number of fused-ring (bicyclic) bond motifs is 1. The third-order valence-corrected chi connectivity index (χ3v) is 3.90. The van der Waals surface area contributed by atoms with Crippen molar-refractivity contribution in [2.24, 2.45) is 5.73 Å². The number of nitrogens with zero attached hydrogens (tertiary/aromatic N) is 4. The number of carbonyl (C=O) groups is 1. The summed E-state index contributed by atoms with van der Waals surface area (Å²) in [6, 6.07) is 7.88. The quantitative estimate of drug-likeness (QED) is 0.725. The van der Waals surface area contributed by atoms with E-state index >= 15 is 0 Å². The van der Waals surface area contributed by atoms with E-state index in [-0.39, 0.29) is 11.6 Å². The number of aromatic nitrogens is 4. The fourth-order valence-corrected chi connectivity index (χ4v) is 2.79. The van der Waals surface area contributed by atoms with Crippen LogP contribution in [0.2, 0.25) is 0 Å². The Morgan fingerprint density at radius 1 is 1.38 bits per heavy atom. The SMILES string of the molecule is NCCn1cc(C(=O)NCc2nc3ccccc3s2)nn1. The first-order chi connectivity index (χ1) is 10.3. The normalized spacial score (nSPS) is 10.9. The molecule has 2 heterocycles. The molecular formula is C13H14N6OS. The summed E-state index contributed by atoms with van der Waals surface area (Å²) in [6.07, 6.45) is 1.58. The highest BCUT2D eigenvalue weighted by Gasteiger charge is 2.11. The van der Waals surface area contributed by atoms with E-state index in [1.165, 1.54) is 0 Å². The summed E-state index contributed by atoms with van der Waals surface area (Å²) in [6.45, 7) is 1.37. The highest BCUT2D eigenvalue weighted by Crippen LogP contribution is 2.21. The Balaban J connectivity index is 1.64. The number of thiazole rings is 1. The second kappa shape index (κ2) is 5.98. The summed E-state index contributed by atoms with van der Waals surface area (Å²) in [5.74, 6) is -0.266. The molecule has 21 heavy (non-hydrogen) atoms. The molecule has 0 aliphatic heterocycles. The maximum Gasteiger partial charge on any atom is 0.273 e. The van der Waals surface area contributed by atoms with E-state index < -0.39 is 0 Å². The number of amides is 1. The zero-order chi connectivity index (χ0) is 14.7. The van der Waals surface area contributed by atoms with E-state index in [0.29, 0.717) is 19.6 Å². The number of rotatable bonds is 5. The average Bonchev–Trinajstić information content (AvgIpc) is 3.11. The van der Waals surface area contributed by atoms with Crippen molar-refractivity contribution in [3.05, 3.63) is 41.2 Å². The Morgan fingerprint density at radius 3 is 3.05 bits per heavy atom. The fraction of sp³-hybridized carbons (Fsp3) is 0.231. The Bertz CT molecular complexity index is 732. The van der Waals surface area contributed by atoms with E-state index in [9.17, 15) is 4.79 Å². The fourth-order valence-electron chi connectivity index (χ4n) is 1.89. The summed E-state index contributed by atoms with van der Waals surface area (Å²) in [5, 5.41) is 11.3. The molecule has 8 heteroatoms. The Kier molecular flexibility index (Phi) is 3.89. The van der Waals surface area contributed by atoms with Crippen LogP contribution in [-0.4, -0.2) is 32.4 Å². The molecule has 0 spiro atoms. The Morgan fingerprint density at radius 2 is 2.24 bits per heavy atom. The third kappa shape index (κ3) is 3.06. The number of carbonyl (C=O) groups excluding carboxylic acids is 1. The highest BCUT2D eigenvalue weighted by molar-refractivity contribution is 7.18. The number of para-hydroxylation sites is 1. The van der Waals surface area contributed by atoms with Crippen LogP contribution in [0.15, 0.2) is 30.5 Å². The van der Waals surface area contributed by atoms with Gasteiger partial charge < -0.3 is 11.1 Å². The third-order valence-electron chi connectivity index (χ3n) is 2.87. The van der Waals surface area contributed by atoms with Crippen molar-refractivity contribution in [3.8, 4) is 0 Å². The summed E-state index contributed by atoms with van der Waals surface area (Å²) < 4.78 is 2.66. The molecule has 0 bridgehead atoms. The Hall–Kier alpha value is -2.32. The summed E-state index contributed by atoms with van der Waals surface area (Å²) in [7, 11) is 0. The van der Waals surface area contributed by atoms with Crippen LogP contribution in [-0.2, 0) is 13.1 Å². The van der Waals surface area contributed by atoms with E-state index in [4.69, 9.17) is 5.73 Å². The molecule has 3 N–H and O–H groups in total. The maximum absolute atomic E-state index is 12.0. The van der Waals surface area contributed by atoms with E-state index in [1.54, 1.807) is 22.2 Å². The van der Waals surface area contributed by atoms with Crippen molar-refractivity contribution in [3.63, 3.8) is 0 Å². The summed E-state index contributed by atoms with van der Waals surface area (Å²) in [4.78, 5) is 16.4. The molecule has 0 aliphatic carbocycles. The van der Waals surface area contributed by atoms with Gasteiger partial charge in [0.25, 0.3) is 5.91 Å². The smallest absolute Gasteiger partial charge is 0.273 e. The van der Waals surface area contributed by atoms with Crippen LogP contribution in [0.25, 0.3) is 10.2 Å². The lowest BCUT2D eigenvalue weighted by Crippen LogP contribution is -2.23. The van der Waals surface area contributed by atoms with Crippen molar-refractivity contribution in [2.45, 2.75) is 13.1 Å². The molecule has 108 valence electrons. The minimum Gasteiger partial charge on any atom is -0.344 e. The van der Waals surface area contributed by atoms with Crippen LogP contribution >= 0.6 is 11.3 Å². The van der Waals surface area contributed by atoms with Crippen LogP contribution in [0.3, 0.4) is 0 Å². The van der Waals surface area contributed by atoms with Crippen LogP contribution in [0.4, 0.5) is 0 Å². The zero-order valence-electron chi connectivity index (χ0n) is 11.2. The average molecular weight is 302 g/mol. The molecule has 1 aromatic carbocycles. The molecule has 0 fully saturated rings. The molecule has 2 aromatic heterocycles. The van der Waals surface area contributed by atoms with Gasteiger partial charge in [-0.15, -0.1) is 16.4 Å². The van der Waals surface area contributed by atoms with E-state index in [2.05, 4.69) is 20.6 Å². The van der Waals surface area contributed by atoms with Crippen LogP contribution in [0.5, 0.6) is 0 Å². The molecule has 0 aliphatic rings. The number of hydrogen-bond acceptors (Lipinski definition) is 6. The molecular weight excluding hydrogens is 288 g/mol. The van der Waals surface area contributed by atoms with Gasteiger partial charge >= 0.3 is 0 Å². The standard InChI is InChI=1S/C13H14N6OS/c14-5-6-19-8-10(17-18-19)13(20)15-7-12-16-9-3-1-2-4-11(9)21-12/h1-4,8H,5-7,14H2,(H,15,20). The summed E-state index contributed by atoms with van der Waals surface area (Å²) >= 11 is 1.56. The van der Waals surface area contributed by atoms with Crippen LogP contribution in [0.1, 0.15) is 15.5 Å². The lowest BCUT2D eigenvalue weighted by Gasteiger charge is -1.98. The van der Waals surface area contributed by atoms with Crippen LogP contribution in [0, 0.1) is 0 Å². The van der Waals surface area contributed by atoms with Gasteiger partial charge in [-0.25, -0.2) is 4.98 Å². The number of nitrogens with one attached hydrogen (secondary N) is 1. The van der Waals surface area contributed by atoms with Crippen molar-refractivity contribution < 1.29 is 4.79 Å². The highest BCUT2D eigenvalue weighted by atomic mass is 32.1. The van der Waals surface area contributed by atoms with Gasteiger partial charge in [-0.2, -0.15) is 0 Å². The zero-order valence-corrected chi connectivity index (χ0v) is 12.0. The van der Waals surface area contributed by atoms with Crippen molar-refractivity contribution >= 4 is 27.5 Å². The number of hydrogen-bond donors (Lipinski definition) is 2. The van der Waals surface area contributed by atoms with Crippen molar-refractivity contribution in [1.29, 1.82) is 0 Å². The first-order valence-corrected chi connectivity index (χ1v) is 7.31. The first kappa shape index (κ1) is 13.7.